The SMILES string of the molecule is C=C[C@H](c1ccc2c(c1)OC(F)(F)O2)N1CCNCC1.Cl.Cl. The first-order valence-corrected chi connectivity index (χ1v) is 6.56. The lowest BCUT2D eigenvalue weighted by Crippen LogP contribution is -2.44. The topological polar surface area (TPSA) is 33.7 Å². The summed E-state index contributed by atoms with van der Waals surface area (Å²) in [4.78, 5) is 2.25. The summed E-state index contributed by atoms with van der Waals surface area (Å²) >= 11 is 0. The van der Waals surface area contributed by atoms with Gasteiger partial charge >= 0.3 is 6.29 Å². The molecule has 8 heteroatoms. The van der Waals surface area contributed by atoms with Crippen LogP contribution in [0.3, 0.4) is 0 Å². The van der Waals surface area contributed by atoms with E-state index in [1.807, 2.05) is 6.08 Å². The number of nitrogens with zero attached hydrogens (tertiary/aromatic N) is 1. The quantitative estimate of drug-likeness (QED) is 0.846. The molecule has 1 saturated heterocycles. The number of fused-ring (bicyclic) bond motifs is 1. The van der Waals surface area contributed by atoms with E-state index in [2.05, 4.69) is 26.3 Å². The number of benzene rings is 1. The summed E-state index contributed by atoms with van der Waals surface area (Å²) in [5, 5.41) is 3.28. The van der Waals surface area contributed by atoms with Crippen LogP contribution in [0.25, 0.3) is 0 Å². The van der Waals surface area contributed by atoms with Gasteiger partial charge in [-0.05, 0) is 17.7 Å². The number of hydrogen-bond donors (Lipinski definition) is 1. The predicted octanol–water partition coefficient (Wildman–Crippen LogP) is 2.98. The maximum atomic E-state index is 13.0. The third kappa shape index (κ3) is 3.81. The van der Waals surface area contributed by atoms with Gasteiger partial charge in [-0.2, -0.15) is 0 Å². The summed E-state index contributed by atoms with van der Waals surface area (Å²) in [7, 11) is 0. The van der Waals surface area contributed by atoms with Crippen molar-refractivity contribution in [1.29, 1.82) is 0 Å². The van der Waals surface area contributed by atoms with Crippen molar-refractivity contribution in [2.45, 2.75) is 12.3 Å². The van der Waals surface area contributed by atoms with Gasteiger partial charge < -0.3 is 14.8 Å². The monoisotopic (exact) mass is 354 g/mol. The van der Waals surface area contributed by atoms with Crippen molar-refractivity contribution in [1.82, 2.24) is 10.2 Å². The predicted molar refractivity (Wildman–Crippen MR) is 84.5 cm³/mol. The zero-order valence-electron chi connectivity index (χ0n) is 11.8. The van der Waals surface area contributed by atoms with E-state index in [-0.39, 0.29) is 42.4 Å². The second kappa shape index (κ2) is 7.46. The molecule has 0 spiro atoms. The summed E-state index contributed by atoms with van der Waals surface area (Å²) < 4.78 is 34.9. The number of hydrogen-bond acceptors (Lipinski definition) is 4. The summed E-state index contributed by atoms with van der Waals surface area (Å²) in [6, 6.07) is 4.88. The lowest BCUT2D eigenvalue weighted by molar-refractivity contribution is -0.286. The van der Waals surface area contributed by atoms with Gasteiger partial charge in [0.2, 0.25) is 0 Å². The van der Waals surface area contributed by atoms with E-state index < -0.39 is 6.29 Å². The molecule has 1 aromatic carbocycles. The van der Waals surface area contributed by atoms with Crippen LogP contribution in [0.1, 0.15) is 11.6 Å². The van der Waals surface area contributed by atoms with Gasteiger partial charge in [-0.25, -0.2) is 0 Å². The first-order valence-electron chi connectivity index (χ1n) is 6.56. The normalized spacial score (nSPS) is 20.5. The van der Waals surface area contributed by atoms with Crippen molar-refractivity contribution in [3.8, 4) is 11.5 Å². The molecule has 0 aliphatic carbocycles. The van der Waals surface area contributed by atoms with E-state index in [9.17, 15) is 8.78 Å². The Morgan fingerprint density at radius 1 is 1.18 bits per heavy atom. The lowest BCUT2D eigenvalue weighted by atomic mass is 10.0. The summed E-state index contributed by atoms with van der Waals surface area (Å²) in [6.07, 6.45) is -1.75. The summed E-state index contributed by atoms with van der Waals surface area (Å²) in [5.74, 6) is 0.149. The molecule has 0 saturated carbocycles. The van der Waals surface area contributed by atoms with E-state index in [4.69, 9.17) is 0 Å². The Kier molecular flexibility index (Phi) is 6.43. The molecule has 124 valence electrons. The third-order valence-corrected chi connectivity index (χ3v) is 3.54. The fraction of sp³-hybridized carbons (Fsp3) is 0.429. The molecule has 0 unspecified atom stereocenters. The van der Waals surface area contributed by atoms with Crippen molar-refractivity contribution in [3.05, 3.63) is 36.4 Å². The van der Waals surface area contributed by atoms with Crippen LogP contribution in [0.5, 0.6) is 11.5 Å². The van der Waals surface area contributed by atoms with Gasteiger partial charge in [0, 0.05) is 26.2 Å². The van der Waals surface area contributed by atoms with Crippen molar-refractivity contribution in [2.75, 3.05) is 26.2 Å². The molecule has 1 aromatic rings. The highest BCUT2D eigenvalue weighted by Gasteiger charge is 2.43. The Morgan fingerprint density at radius 2 is 1.82 bits per heavy atom. The van der Waals surface area contributed by atoms with Crippen LogP contribution in [0.4, 0.5) is 8.78 Å². The molecule has 1 N–H and O–H groups in total. The molecule has 0 aromatic heterocycles. The van der Waals surface area contributed by atoms with Crippen LogP contribution in [-0.2, 0) is 0 Å². The first kappa shape index (κ1) is 19.0. The van der Waals surface area contributed by atoms with Gasteiger partial charge in [0.25, 0.3) is 0 Å². The van der Waals surface area contributed by atoms with E-state index in [0.717, 1.165) is 31.7 Å². The van der Waals surface area contributed by atoms with Gasteiger partial charge in [-0.3, -0.25) is 4.90 Å². The lowest BCUT2D eigenvalue weighted by Gasteiger charge is -2.33. The Labute approximate surface area is 140 Å². The largest absolute Gasteiger partial charge is 0.586 e. The van der Waals surface area contributed by atoms with Crippen molar-refractivity contribution in [2.24, 2.45) is 0 Å². The molecule has 22 heavy (non-hydrogen) atoms. The second-order valence-corrected chi connectivity index (χ2v) is 4.84. The third-order valence-electron chi connectivity index (χ3n) is 3.54. The molecule has 1 atom stereocenters. The maximum Gasteiger partial charge on any atom is 0.586 e. The molecule has 1 fully saturated rings. The van der Waals surface area contributed by atoms with E-state index in [1.165, 1.54) is 6.07 Å². The highest BCUT2D eigenvalue weighted by molar-refractivity contribution is 5.85. The number of rotatable bonds is 3. The Balaban J connectivity index is 0.00000121. The summed E-state index contributed by atoms with van der Waals surface area (Å²) in [5.41, 5.74) is 0.877. The standard InChI is InChI=1S/C14H16F2N2O2.2ClH/c1-2-11(18-7-5-17-6-8-18)10-3-4-12-13(9-10)20-14(15,16)19-12;;/h2-4,9,11,17H,1,5-8H2;2*1H/t11-;;/m1../s1. The molecule has 2 heterocycles. The zero-order chi connectivity index (χ0) is 14.2. The maximum absolute atomic E-state index is 13.0. The van der Waals surface area contributed by atoms with Gasteiger partial charge in [0.1, 0.15) is 0 Å². The minimum atomic E-state index is -3.57. The second-order valence-electron chi connectivity index (χ2n) is 4.84. The highest BCUT2D eigenvalue weighted by atomic mass is 35.5. The number of nitrogens with one attached hydrogen (secondary N) is 1. The minimum Gasteiger partial charge on any atom is -0.395 e. The van der Waals surface area contributed by atoms with E-state index in [1.54, 1.807) is 12.1 Å². The zero-order valence-corrected chi connectivity index (χ0v) is 13.4. The fourth-order valence-electron chi connectivity index (χ4n) is 2.61. The van der Waals surface area contributed by atoms with Crippen molar-refractivity contribution >= 4 is 24.8 Å². The molecule has 0 amide bonds. The van der Waals surface area contributed by atoms with Crippen LogP contribution in [0, 0.1) is 0 Å². The van der Waals surface area contributed by atoms with Gasteiger partial charge in [-0.1, -0.05) is 12.1 Å². The molecule has 4 nitrogen and oxygen atoms in total. The smallest absolute Gasteiger partial charge is 0.395 e. The van der Waals surface area contributed by atoms with Crippen LogP contribution >= 0.6 is 24.8 Å². The van der Waals surface area contributed by atoms with Crippen LogP contribution in [-0.4, -0.2) is 37.4 Å². The highest BCUT2D eigenvalue weighted by Crippen LogP contribution is 2.42. The molecule has 3 rings (SSSR count). The molecular weight excluding hydrogens is 337 g/mol. The Bertz CT molecular complexity index is 526. The molecule has 0 bridgehead atoms. The van der Waals surface area contributed by atoms with Crippen LogP contribution < -0.4 is 14.8 Å². The number of piperazine rings is 1. The average Bonchev–Trinajstić information content (AvgIpc) is 2.74. The van der Waals surface area contributed by atoms with E-state index in [0.29, 0.717) is 0 Å². The summed E-state index contributed by atoms with van der Waals surface area (Å²) in [6.45, 7) is 7.45. The molecule has 2 aliphatic heterocycles. The van der Waals surface area contributed by atoms with Crippen molar-refractivity contribution in [3.63, 3.8) is 0 Å². The molecule has 2 aliphatic rings. The van der Waals surface area contributed by atoms with E-state index >= 15 is 0 Å². The molecular formula is C14H18Cl2F2N2O2. The average molecular weight is 355 g/mol. The van der Waals surface area contributed by atoms with Gasteiger partial charge in [0.15, 0.2) is 11.5 Å². The van der Waals surface area contributed by atoms with Crippen LogP contribution in [0.2, 0.25) is 0 Å². The first-order chi connectivity index (χ1) is 9.59. The Morgan fingerprint density at radius 3 is 2.45 bits per heavy atom. The Hall–Kier alpha value is -1.08. The van der Waals surface area contributed by atoms with Crippen LogP contribution in [0.15, 0.2) is 30.9 Å². The number of halogens is 4. The van der Waals surface area contributed by atoms with Crippen molar-refractivity contribution < 1.29 is 18.3 Å². The molecule has 0 radical (unpaired) electrons. The van der Waals surface area contributed by atoms with Gasteiger partial charge in [0.05, 0.1) is 6.04 Å². The number of ether oxygens (including phenoxy) is 2. The number of alkyl halides is 2. The van der Waals surface area contributed by atoms with Gasteiger partial charge in [-0.15, -0.1) is 40.2 Å². The minimum absolute atomic E-state index is 0. The fourth-order valence-corrected chi connectivity index (χ4v) is 2.61.